The second kappa shape index (κ2) is 7.43. The summed E-state index contributed by atoms with van der Waals surface area (Å²) in [5, 5.41) is 22.9. The van der Waals surface area contributed by atoms with Crippen molar-refractivity contribution in [3.63, 3.8) is 0 Å². The smallest absolute Gasteiger partial charge is 0.276 e. The number of aromatic nitrogens is 2. The molecule has 1 aromatic heterocycles. The van der Waals surface area contributed by atoms with Gasteiger partial charge in [0.15, 0.2) is 11.5 Å². The van der Waals surface area contributed by atoms with Crippen LogP contribution < -0.4 is 10.6 Å². The van der Waals surface area contributed by atoms with E-state index < -0.39 is 5.91 Å². The molecule has 0 bridgehead atoms. The number of amides is 1. The zero-order chi connectivity index (χ0) is 17.6. The Morgan fingerprint density at radius 3 is 2.40 bits per heavy atom. The second-order valence-electron chi connectivity index (χ2n) is 5.05. The molecule has 1 amide bonds. The molecule has 0 fully saturated rings. The summed E-state index contributed by atoms with van der Waals surface area (Å²) < 4.78 is 0. The summed E-state index contributed by atoms with van der Waals surface area (Å²) in [4.78, 5) is 12.2. The number of nitriles is 1. The van der Waals surface area contributed by atoms with Gasteiger partial charge in [-0.3, -0.25) is 4.79 Å². The van der Waals surface area contributed by atoms with Gasteiger partial charge in [0, 0.05) is 5.69 Å². The van der Waals surface area contributed by atoms with Gasteiger partial charge in [-0.2, -0.15) is 5.26 Å². The minimum atomic E-state index is -0.398. The van der Waals surface area contributed by atoms with Crippen molar-refractivity contribution in [1.29, 1.82) is 5.26 Å². The number of hydrogen-bond acceptors (Lipinski definition) is 5. The minimum absolute atomic E-state index is 0.172. The Bertz CT molecular complexity index is 933. The van der Waals surface area contributed by atoms with Crippen molar-refractivity contribution in [2.45, 2.75) is 0 Å². The zero-order valence-corrected chi connectivity index (χ0v) is 13.7. The summed E-state index contributed by atoms with van der Waals surface area (Å²) in [6, 6.07) is 19.1. The van der Waals surface area contributed by atoms with Gasteiger partial charge < -0.3 is 10.6 Å². The van der Waals surface area contributed by atoms with Crippen LogP contribution in [-0.2, 0) is 0 Å². The van der Waals surface area contributed by atoms with Crippen LogP contribution in [0, 0.1) is 11.3 Å². The predicted molar refractivity (Wildman–Crippen MR) is 95.9 cm³/mol. The first kappa shape index (κ1) is 16.4. The van der Waals surface area contributed by atoms with E-state index in [9.17, 15) is 4.79 Å². The maximum Gasteiger partial charge on any atom is 0.276 e. The highest BCUT2D eigenvalue weighted by Crippen LogP contribution is 2.21. The number of carbonyl (C=O) groups is 1. The van der Waals surface area contributed by atoms with Crippen LogP contribution in [0.4, 0.5) is 17.2 Å². The van der Waals surface area contributed by atoms with Crippen LogP contribution >= 0.6 is 11.6 Å². The molecule has 2 N–H and O–H groups in total. The van der Waals surface area contributed by atoms with Gasteiger partial charge in [-0.1, -0.05) is 23.7 Å². The van der Waals surface area contributed by atoms with Crippen molar-refractivity contribution in [3.05, 3.63) is 76.9 Å². The molecule has 7 heteroatoms. The highest BCUT2D eigenvalue weighted by atomic mass is 35.5. The van der Waals surface area contributed by atoms with Crippen molar-refractivity contribution in [2.24, 2.45) is 0 Å². The summed E-state index contributed by atoms with van der Waals surface area (Å²) in [7, 11) is 0. The third-order valence-electron chi connectivity index (χ3n) is 3.31. The first-order valence-electron chi connectivity index (χ1n) is 7.32. The maximum atomic E-state index is 12.2. The van der Waals surface area contributed by atoms with Gasteiger partial charge in [0.05, 0.1) is 22.3 Å². The van der Waals surface area contributed by atoms with E-state index in [1.165, 1.54) is 0 Å². The van der Waals surface area contributed by atoms with E-state index in [1.807, 2.05) is 0 Å². The molecular formula is C18H12ClN5O. The van der Waals surface area contributed by atoms with Crippen molar-refractivity contribution < 1.29 is 4.79 Å². The summed E-state index contributed by atoms with van der Waals surface area (Å²) in [6.45, 7) is 0. The Morgan fingerprint density at radius 2 is 1.76 bits per heavy atom. The van der Waals surface area contributed by atoms with E-state index in [0.717, 1.165) is 5.69 Å². The van der Waals surface area contributed by atoms with Crippen LogP contribution in [0.1, 0.15) is 16.1 Å². The molecule has 25 heavy (non-hydrogen) atoms. The normalized spacial score (nSPS) is 9.92. The van der Waals surface area contributed by atoms with Gasteiger partial charge in [0.1, 0.15) is 0 Å². The molecule has 0 spiro atoms. The van der Waals surface area contributed by atoms with E-state index >= 15 is 0 Å². The van der Waals surface area contributed by atoms with Crippen LogP contribution in [0.5, 0.6) is 0 Å². The molecule has 1 heterocycles. The number of rotatable bonds is 4. The molecule has 3 rings (SSSR count). The van der Waals surface area contributed by atoms with Gasteiger partial charge in [-0.05, 0) is 48.5 Å². The van der Waals surface area contributed by atoms with E-state index in [4.69, 9.17) is 16.9 Å². The summed E-state index contributed by atoms with van der Waals surface area (Å²) in [5.74, 6) is 0.0875. The first-order valence-corrected chi connectivity index (χ1v) is 7.70. The Balaban J connectivity index is 1.68. The highest BCUT2D eigenvalue weighted by molar-refractivity contribution is 6.33. The topological polar surface area (TPSA) is 90.7 Å². The Kier molecular flexibility index (Phi) is 4.88. The number of para-hydroxylation sites is 1. The zero-order valence-electron chi connectivity index (χ0n) is 12.9. The van der Waals surface area contributed by atoms with Crippen molar-refractivity contribution in [3.8, 4) is 6.07 Å². The number of halogens is 1. The fourth-order valence-corrected chi connectivity index (χ4v) is 2.23. The molecule has 0 aliphatic carbocycles. The molecule has 0 saturated heterocycles. The molecule has 122 valence electrons. The number of hydrogen-bond donors (Lipinski definition) is 2. The Morgan fingerprint density at radius 1 is 1.00 bits per heavy atom. The van der Waals surface area contributed by atoms with E-state index in [1.54, 1.807) is 60.7 Å². The third kappa shape index (κ3) is 4.10. The van der Waals surface area contributed by atoms with Crippen LogP contribution in [0.25, 0.3) is 0 Å². The minimum Gasteiger partial charge on any atom is -0.339 e. The van der Waals surface area contributed by atoms with Gasteiger partial charge in [-0.15, -0.1) is 10.2 Å². The lowest BCUT2D eigenvalue weighted by Gasteiger charge is -2.07. The van der Waals surface area contributed by atoms with Crippen LogP contribution in [0.3, 0.4) is 0 Å². The van der Waals surface area contributed by atoms with Crippen LogP contribution in [-0.4, -0.2) is 16.1 Å². The largest absolute Gasteiger partial charge is 0.339 e. The highest BCUT2D eigenvalue weighted by Gasteiger charge is 2.10. The fourth-order valence-electron chi connectivity index (χ4n) is 2.04. The van der Waals surface area contributed by atoms with Gasteiger partial charge in [0.2, 0.25) is 0 Å². The molecule has 0 aliphatic heterocycles. The summed E-state index contributed by atoms with van der Waals surface area (Å²) >= 11 is 6.01. The average molecular weight is 350 g/mol. The van der Waals surface area contributed by atoms with E-state index in [-0.39, 0.29) is 5.69 Å². The SMILES string of the molecule is N#Cc1ccc(Nc2ccc(C(=O)Nc3ccccc3Cl)nn2)cc1. The molecule has 0 saturated carbocycles. The van der Waals surface area contributed by atoms with Crippen molar-refractivity contribution in [2.75, 3.05) is 10.6 Å². The van der Waals surface area contributed by atoms with Crippen LogP contribution in [0.2, 0.25) is 5.02 Å². The van der Waals surface area contributed by atoms with Gasteiger partial charge >= 0.3 is 0 Å². The molecule has 0 radical (unpaired) electrons. The number of nitrogens with zero attached hydrogens (tertiary/aromatic N) is 3. The van der Waals surface area contributed by atoms with Crippen molar-refractivity contribution in [1.82, 2.24) is 10.2 Å². The molecule has 2 aromatic carbocycles. The van der Waals surface area contributed by atoms with Gasteiger partial charge in [0.25, 0.3) is 5.91 Å². The average Bonchev–Trinajstić information content (AvgIpc) is 2.65. The Hall–Kier alpha value is -3.43. The molecule has 6 nitrogen and oxygen atoms in total. The lowest BCUT2D eigenvalue weighted by molar-refractivity contribution is 0.102. The summed E-state index contributed by atoms with van der Waals surface area (Å²) in [6.07, 6.45) is 0. The standard InChI is InChI=1S/C18H12ClN5O/c19-14-3-1-2-4-15(14)22-18(25)16-9-10-17(24-23-16)21-13-7-5-12(11-20)6-8-13/h1-10H,(H,21,24)(H,22,25). The van der Waals surface area contributed by atoms with Crippen molar-refractivity contribution >= 4 is 34.7 Å². The lowest BCUT2D eigenvalue weighted by atomic mass is 10.2. The van der Waals surface area contributed by atoms with Crippen LogP contribution in [0.15, 0.2) is 60.7 Å². The molecular weight excluding hydrogens is 338 g/mol. The quantitative estimate of drug-likeness (QED) is 0.743. The number of carbonyl (C=O) groups excluding carboxylic acids is 1. The van der Waals surface area contributed by atoms with Gasteiger partial charge in [-0.25, -0.2) is 0 Å². The molecule has 0 atom stereocenters. The second-order valence-corrected chi connectivity index (χ2v) is 5.46. The van der Waals surface area contributed by atoms with E-state index in [0.29, 0.717) is 22.1 Å². The first-order chi connectivity index (χ1) is 12.2. The number of nitrogens with one attached hydrogen (secondary N) is 2. The fraction of sp³-hybridized carbons (Fsp3) is 0. The summed E-state index contributed by atoms with van der Waals surface area (Å²) in [5.41, 5.74) is 2.02. The molecule has 3 aromatic rings. The van der Waals surface area contributed by atoms with E-state index in [2.05, 4.69) is 26.9 Å². The third-order valence-corrected chi connectivity index (χ3v) is 3.64. The number of anilines is 3. The number of benzene rings is 2. The predicted octanol–water partition coefficient (Wildman–Crippen LogP) is 4.00. The monoisotopic (exact) mass is 349 g/mol. The maximum absolute atomic E-state index is 12.2. The lowest BCUT2D eigenvalue weighted by Crippen LogP contribution is -2.14. The molecule has 0 aliphatic rings. The molecule has 0 unspecified atom stereocenters. The Labute approximate surface area is 149 Å².